The summed E-state index contributed by atoms with van der Waals surface area (Å²) >= 11 is 8.18. The zero-order valence-electron chi connectivity index (χ0n) is 11.3. The Morgan fingerprint density at radius 3 is 2.85 bits per heavy atom. The van der Waals surface area contributed by atoms with E-state index in [9.17, 15) is 0 Å². The number of halogens is 1. The largest absolute Gasteiger partial charge is 0.313 e. The molecule has 0 saturated carbocycles. The van der Waals surface area contributed by atoms with Crippen molar-refractivity contribution < 1.29 is 0 Å². The summed E-state index contributed by atoms with van der Waals surface area (Å²) in [4.78, 5) is 0. The van der Waals surface area contributed by atoms with Gasteiger partial charge in [-0.15, -0.1) is 11.3 Å². The highest BCUT2D eigenvalue weighted by atomic mass is 35.5. The summed E-state index contributed by atoms with van der Waals surface area (Å²) in [6, 6.07) is 14.9. The summed E-state index contributed by atoms with van der Waals surface area (Å²) in [6.45, 7) is 3.87. The van der Waals surface area contributed by atoms with E-state index in [2.05, 4.69) is 60.1 Å². The third kappa shape index (κ3) is 2.59. The molecule has 3 rings (SSSR count). The van der Waals surface area contributed by atoms with E-state index in [4.69, 9.17) is 11.6 Å². The molecule has 0 bridgehead atoms. The third-order valence-electron chi connectivity index (χ3n) is 3.41. The van der Waals surface area contributed by atoms with Crippen LogP contribution in [0.15, 0.2) is 47.8 Å². The molecule has 0 radical (unpaired) electrons. The Labute approximate surface area is 128 Å². The van der Waals surface area contributed by atoms with Crippen molar-refractivity contribution in [3.05, 3.63) is 58.4 Å². The minimum absolute atomic E-state index is 0.818. The molecule has 3 heteroatoms. The zero-order valence-corrected chi connectivity index (χ0v) is 12.9. The Morgan fingerprint density at radius 2 is 2.05 bits per heavy atom. The monoisotopic (exact) mass is 301 g/mol. The molecule has 0 unspecified atom stereocenters. The van der Waals surface area contributed by atoms with Gasteiger partial charge in [-0.25, -0.2) is 0 Å². The number of rotatable bonds is 4. The van der Waals surface area contributed by atoms with Crippen LogP contribution in [0.2, 0.25) is 5.02 Å². The SMILES string of the molecule is CCNCc1ccc(-c2cccc3ccsc23)cc1Cl. The maximum atomic E-state index is 6.40. The Bertz CT molecular complexity index is 733. The summed E-state index contributed by atoms with van der Waals surface area (Å²) in [5.41, 5.74) is 3.59. The summed E-state index contributed by atoms with van der Waals surface area (Å²) in [5.74, 6) is 0. The van der Waals surface area contributed by atoms with Crippen LogP contribution in [0.1, 0.15) is 12.5 Å². The maximum absolute atomic E-state index is 6.40. The lowest BCUT2D eigenvalue weighted by Gasteiger charge is -2.09. The number of thiophene rings is 1. The van der Waals surface area contributed by atoms with Crippen LogP contribution in [-0.4, -0.2) is 6.54 Å². The minimum Gasteiger partial charge on any atom is -0.313 e. The third-order valence-corrected chi connectivity index (χ3v) is 4.72. The molecular formula is C17H16ClNS. The van der Waals surface area contributed by atoms with Crippen molar-refractivity contribution in [3.63, 3.8) is 0 Å². The van der Waals surface area contributed by atoms with Crippen molar-refractivity contribution in [2.45, 2.75) is 13.5 Å². The Balaban J connectivity index is 2.02. The maximum Gasteiger partial charge on any atom is 0.0457 e. The zero-order chi connectivity index (χ0) is 13.9. The number of hydrogen-bond acceptors (Lipinski definition) is 2. The highest BCUT2D eigenvalue weighted by Crippen LogP contribution is 2.34. The summed E-state index contributed by atoms with van der Waals surface area (Å²) in [6.07, 6.45) is 0. The van der Waals surface area contributed by atoms with E-state index in [1.165, 1.54) is 21.2 Å². The summed E-state index contributed by atoms with van der Waals surface area (Å²) < 4.78 is 1.32. The van der Waals surface area contributed by atoms with Gasteiger partial charge in [0.05, 0.1) is 0 Å². The fraction of sp³-hybridized carbons (Fsp3) is 0.176. The molecule has 0 fully saturated rings. The molecule has 1 N–H and O–H groups in total. The van der Waals surface area contributed by atoms with E-state index < -0.39 is 0 Å². The van der Waals surface area contributed by atoms with E-state index in [0.29, 0.717) is 0 Å². The fourth-order valence-corrected chi connectivity index (χ4v) is 3.52. The molecule has 20 heavy (non-hydrogen) atoms. The van der Waals surface area contributed by atoms with Crippen molar-refractivity contribution in [2.75, 3.05) is 6.54 Å². The van der Waals surface area contributed by atoms with Crippen molar-refractivity contribution >= 4 is 33.0 Å². The molecular weight excluding hydrogens is 286 g/mol. The second-order valence-corrected chi connectivity index (χ2v) is 6.05. The quantitative estimate of drug-likeness (QED) is 0.686. The van der Waals surface area contributed by atoms with Gasteiger partial charge in [-0.05, 0) is 46.1 Å². The Hall–Kier alpha value is -1.35. The van der Waals surface area contributed by atoms with Gasteiger partial charge in [0, 0.05) is 16.3 Å². The fourth-order valence-electron chi connectivity index (χ4n) is 2.34. The van der Waals surface area contributed by atoms with Gasteiger partial charge in [0.1, 0.15) is 0 Å². The molecule has 0 aliphatic rings. The van der Waals surface area contributed by atoms with Crippen molar-refractivity contribution in [2.24, 2.45) is 0 Å². The molecule has 102 valence electrons. The average molecular weight is 302 g/mol. The van der Waals surface area contributed by atoms with Gasteiger partial charge in [0.25, 0.3) is 0 Å². The predicted molar refractivity (Wildman–Crippen MR) is 89.7 cm³/mol. The normalized spacial score (nSPS) is 11.1. The smallest absolute Gasteiger partial charge is 0.0457 e. The molecule has 1 heterocycles. The van der Waals surface area contributed by atoms with Gasteiger partial charge < -0.3 is 5.32 Å². The van der Waals surface area contributed by atoms with E-state index in [-0.39, 0.29) is 0 Å². The topological polar surface area (TPSA) is 12.0 Å². The van der Waals surface area contributed by atoms with Gasteiger partial charge in [-0.1, -0.05) is 48.9 Å². The van der Waals surface area contributed by atoms with Gasteiger partial charge in [-0.2, -0.15) is 0 Å². The highest BCUT2D eigenvalue weighted by molar-refractivity contribution is 7.17. The molecule has 1 aromatic heterocycles. The Morgan fingerprint density at radius 1 is 1.15 bits per heavy atom. The van der Waals surface area contributed by atoms with Crippen LogP contribution in [0.25, 0.3) is 21.2 Å². The standard InChI is InChI=1S/C17H16ClNS/c1-2-19-11-14-7-6-13(10-16(14)18)15-5-3-4-12-8-9-20-17(12)15/h3-10,19H,2,11H2,1H3. The second kappa shape index (κ2) is 5.96. The molecule has 2 aromatic carbocycles. The van der Waals surface area contributed by atoms with Crippen LogP contribution < -0.4 is 5.32 Å². The lowest BCUT2D eigenvalue weighted by Crippen LogP contribution is -2.11. The molecule has 0 atom stereocenters. The predicted octanol–water partition coefficient (Wildman–Crippen LogP) is 5.33. The summed E-state index contributed by atoms with van der Waals surface area (Å²) in [7, 11) is 0. The molecule has 0 amide bonds. The molecule has 3 aromatic rings. The van der Waals surface area contributed by atoms with Gasteiger partial charge >= 0.3 is 0 Å². The molecule has 0 aliphatic heterocycles. The van der Waals surface area contributed by atoms with Crippen molar-refractivity contribution in [1.82, 2.24) is 5.32 Å². The van der Waals surface area contributed by atoms with Crippen LogP contribution >= 0.6 is 22.9 Å². The van der Waals surface area contributed by atoms with Crippen LogP contribution in [0.4, 0.5) is 0 Å². The van der Waals surface area contributed by atoms with Gasteiger partial charge in [0.2, 0.25) is 0 Å². The number of benzene rings is 2. The van der Waals surface area contributed by atoms with Crippen LogP contribution in [-0.2, 0) is 6.54 Å². The van der Waals surface area contributed by atoms with Crippen LogP contribution in [0.3, 0.4) is 0 Å². The number of fused-ring (bicyclic) bond motifs is 1. The van der Waals surface area contributed by atoms with Crippen molar-refractivity contribution in [3.8, 4) is 11.1 Å². The summed E-state index contributed by atoms with van der Waals surface area (Å²) in [5, 5.41) is 7.56. The number of nitrogens with one attached hydrogen (secondary N) is 1. The number of hydrogen-bond donors (Lipinski definition) is 1. The Kier molecular flexibility index (Phi) is 4.06. The lowest BCUT2D eigenvalue weighted by molar-refractivity contribution is 0.727. The molecule has 1 nitrogen and oxygen atoms in total. The van der Waals surface area contributed by atoms with Crippen molar-refractivity contribution in [1.29, 1.82) is 0 Å². The van der Waals surface area contributed by atoms with E-state index >= 15 is 0 Å². The van der Waals surface area contributed by atoms with E-state index in [1.807, 2.05) is 0 Å². The first-order valence-electron chi connectivity index (χ1n) is 6.75. The van der Waals surface area contributed by atoms with Crippen LogP contribution in [0, 0.1) is 0 Å². The van der Waals surface area contributed by atoms with Gasteiger partial charge in [-0.3, -0.25) is 0 Å². The van der Waals surface area contributed by atoms with Crippen LogP contribution in [0.5, 0.6) is 0 Å². The second-order valence-electron chi connectivity index (χ2n) is 4.73. The van der Waals surface area contributed by atoms with E-state index in [0.717, 1.165) is 23.7 Å². The molecule has 0 aliphatic carbocycles. The van der Waals surface area contributed by atoms with E-state index in [1.54, 1.807) is 11.3 Å². The lowest BCUT2D eigenvalue weighted by atomic mass is 10.0. The first kappa shape index (κ1) is 13.6. The molecule has 0 saturated heterocycles. The minimum atomic E-state index is 0.818. The average Bonchev–Trinajstić information content (AvgIpc) is 2.94. The first-order chi connectivity index (χ1) is 9.79. The first-order valence-corrected chi connectivity index (χ1v) is 8.01. The van der Waals surface area contributed by atoms with Gasteiger partial charge in [0.15, 0.2) is 0 Å². The molecule has 0 spiro atoms. The highest BCUT2D eigenvalue weighted by Gasteiger charge is 2.07.